The molecule has 104 valence electrons. The lowest BCUT2D eigenvalue weighted by atomic mass is 10.1. The Morgan fingerprint density at radius 1 is 1.42 bits per heavy atom. The van der Waals surface area contributed by atoms with Gasteiger partial charge in [-0.15, -0.1) is 0 Å². The van der Waals surface area contributed by atoms with E-state index in [9.17, 15) is 4.79 Å². The first-order valence-electron chi connectivity index (χ1n) is 6.41. The van der Waals surface area contributed by atoms with Crippen LogP contribution in [0.5, 0.6) is 5.75 Å². The minimum Gasteiger partial charge on any atom is -0.496 e. The van der Waals surface area contributed by atoms with Crippen LogP contribution >= 0.6 is 0 Å². The second kappa shape index (κ2) is 6.54. The monoisotopic (exact) mass is 265 g/mol. The van der Waals surface area contributed by atoms with Gasteiger partial charge < -0.3 is 14.6 Å². The highest BCUT2D eigenvalue weighted by Crippen LogP contribution is 2.21. The molecule has 1 fully saturated rings. The van der Waals surface area contributed by atoms with Crippen LogP contribution in [-0.2, 0) is 11.3 Å². The highest BCUT2D eigenvalue weighted by molar-refractivity contribution is 5.90. The molecule has 0 aromatic heterocycles. The van der Waals surface area contributed by atoms with Gasteiger partial charge in [-0.05, 0) is 24.1 Å². The molecular formula is C14H19NO4. The number of aromatic carboxylic acids is 1. The molecule has 0 radical (unpaired) electrons. The van der Waals surface area contributed by atoms with Crippen molar-refractivity contribution in [2.75, 3.05) is 33.4 Å². The second-order valence-electron chi connectivity index (χ2n) is 4.58. The number of benzene rings is 1. The molecule has 2 rings (SSSR count). The third kappa shape index (κ3) is 3.68. The number of carboxylic acid groups (broad SMARTS) is 1. The molecule has 0 aliphatic carbocycles. The Labute approximate surface area is 112 Å². The molecule has 5 nitrogen and oxygen atoms in total. The molecule has 0 spiro atoms. The zero-order valence-electron chi connectivity index (χ0n) is 11.1. The van der Waals surface area contributed by atoms with Crippen molar-refractivity contribution < 1.29 is 19.4 Å². The van der Waals surface area contributed by atoms with Crippen LogP contribution in [-0.4, -0.2) is 49.4 Å². The van der Waals surface area contributed by atoms with Crippen LogP contribution in [0.3, 0.4) is 0 Å². The van der Waals surface area contributed by atoms with Crippen LogP contribution in [0.2, 0.25) is 0 Å². The smallest absolute Gasteiger partial charge is 0.339 e. The summed E-state index contributed by atoms with van der Waals surface area (Å²) in [6.45, 7) is 4.27. The van der Waals surface area contributed by atoms with Crippen molar-refractivity contribution in [1.29, 1.82) is 0 Å². The topological polar surface area (TPSA) is 59.0 Å². The molecule has 0 bridgehead atoms. The average molecular weight is 265 g/mol. The summed E-state index contributed by atoms with van der Waals surface area (Å²) in [4.78, 5) is 13.3. The maximum Gasteiger partial charge on any atom is 0.339 e. The standard InChI is InChI=1S/C14H19NO4/c1-18-13-9-11(3-4-12(13)14(16)17)10-15-5-2-7-19-8-6-15/h3-4,9H,2,5-8,10H2,1H3,(H,16,17). The summed E-state index contributed by atoms with van der Waals surface area (Å²) < 4.78 is 10.6. The Bertz CT molecular complexity index is 439. The van der Waals surface area contributed by atoms with E-state index < -0.39 is 5.97 Å². The van der Waals surface area contributed by atoms with E-state index in [1.54, 1.807) is 12.1 Å². The van der Waals surface area contributed by atoms with Gasteiger partial charge in [0.25, 0.3) is 0 Å². The van der Waals surface area contributed by atoms with E-state index in [4.69, 9.17) is 14.6 Å². The van der Waals surface area contributed by atoms with Gasteiger partial charge in [0.2, 0.25) is 0 Å². The summed E-state index contributed by atoms with van der Waals surface area (Å²) in [7, 11) is 1.49. The van der Waals surface area contributed by atoms with Crippen LogP contribution in [0, 0.1) is 0 Å². The fourth-order valence-electron chi connectivity index (χ4n) is 2.22. The van der Waals surface area contributed by atoms with Crippen molar-refractivity contribution in [1.82, 2.24) is 4.90 Å². The molecule has 1 heterocycles. The summed E-state index contributed by atoms with van der Waals surface area (Å²) in [6, 6.07) is 5.25. The third-order valence-corrected chi connectivity index (χ3v) is 3.22. The summed E-state index contributed by atoms with van der Waals surface area (Å²) in [5, 5.41) is 9.04. The van der Waals surface area contributed by atoms with Gasteiger partial charge in [-0.3, -0.25) is 4.90 Å². The largest absolute Gasteiger partial charge is 0.496 e. The molecule has 1 saturated heterocycles. The average Bonchev–Trinajstić information content (AvgIpc) is 2.67. The van der Waals surface area contributed by atoms with E-state index in [2.05, 4.69) is 4.90 Å². The van der Waals surface area contributed by atoms with Gasteiger partial charge in [-0.2, -0.15) is 0 Å². The SMILES string of the molecule is COc1cc(CN2CCCOCC2)ccc1C(=O)O. The number of carbonyl (C=O) groups is 1. The van der Waals surface area contributed by atoms with E-state index in [1.807, 2.05) is 6.07 Å². The fourth-order valence-corrected chi connectivity index (χ4v) is 2.22. The molecular weight excluding hydrogens is 246 g/mol. The lowest BCUT2D eigenvalue weighted by Crippen LogP contribution is -2.25. The number of ether oxygens (including phenoxy) is 2. The van der Waals surface area contributed by atoms with Gasteiger partial charge in [-0.1, -0.05) is 6.07 Å². The molecule has 1 aliphatic heterocycles. The molecule has 0 saturated carbocycles. The predicted octanol–water partition coefficient (Wildman–Crippen LogP) is 1.62. The highest BCUT2D eigenvalue weighted by atomic mass is 16.5. The van der Waals surface area contributed by atoms with Gasteiger partial charge in [0.15, 0.2) is 0 Å². The van der Waals surface area contributed by atoms with Gasteiger partial charge >= 0.3 is 5.97 Å². The van der Waals surface area contributed by atoms with Crippen molar-refractivity contribution in [2.45, 2.75) is 13.0 Å². The maximum atomic E-state index is 11.0. The first-order chi connectivity index (χ1) is 9.20. The number of carboxylic acids is 1. The van der Waals surface area contributed by atoms with Gasteiger partial charge in [0, 0.05) is 26.2 Å². The molecule has 0 unspecified atom stereocenters. The van der Waals surface area contributed by atoms with Crippen molar-refractivity contribution in [3.8, 4) is 5.75 Å². The lowest BCUT2D eigenvalue weighted by Gasteiger charge is -2.19. The Morgan fingerprint density at radius 3 is 3.00 bits per heavy atom. The molecule has 1 N–H and O–H groups in total. The summed E-state index contributed by atoms with van der Waals surface area (Å²) in [6.07, 6.45) is 1.03. The molecule has 1 aliphatic rings. The van der Waals surface area contributed by atoms with Crippen LogP contribution in [0.4, 0.5) is 0 Å². The van der Waals surface area contributed by atoms with Crippen molar-refractivity contribution in [3.63, 3.8) is 0 Å². The number of nitrogens with zero attached hydrogens (tertiary/aromatic N) is 1. The molecule has 0 atom stereocenters. The summed E-state index contributed by atoms with van der Waals surface area (Å²) in [5.74, 6) is -0.553. The Hall–Kier alpha value is -1.59. The van der Waals surface area contributed by atoms with Crippen molar-refractivity contribution >= 4 is 5.97 Å². The number of hydrogen-bond donors (Lipinski definition) is 1. The van der Waals surface area contributed by atoms with Crippen molar-refractivity contribution in [2.24, 2.45) is 0 Å². The van der Waals surface area contributed by atoms with Crippen molar-refractivity contribution in [3.05, 3.63) is 29.3 Å². The molecule has 1 aromatic rings. The number of rotatable bonds is 4. The quantitative estimate of drug-likeness (QED) is 0.896. The van der Waals surface area contributed by atoms with Crippen LogP contribution in [0.25, 0.3) is 0 Å². The van der Waals surface area contributed by atoms with Gasteiger partial charge in [0.05, 0.1) is 13.7 Å². The minimum atomic E-state index is -0.966. The zero-order chi connectivity index (χ0) is 13.7. The van der Waals surface area contributed by atoms with E-state index in [-0.39, 0.29) is 5.56 Å². The molecule has 5 heteroatoms. The number of hydrogen-bond acceptors (Lipinski definition) is 4. The number of methoxy groups -OCH3 is 1. The minimum absolute atomic E-state index is 0.199. The Balaban J connectivity index is 2.09. The molecule has 19 heavy (non-hydrogen) atoms. The molecule has 0 amide bonds. The van der Waals surface area contributed by atoms with Crippen LogP contribution in [0.15, 0.2) is 18.2 Å². The molecule has 1 aromatic carbocycles. The Kier molecular flexibility index (Phi) is 4.76. The predicted molar refractivity (Wildman–Crippen MR) is 70.7 cm³/mol. The summed E-state index contributed by atoms with van der Waals surface area (Å²) >= 11 is 0. The van der Waals surface area contributed by atoms with E-state index in [0.29, 0.717) is 5.75 Å². The van der Waals surface area contributed by atoms with Gasteiger partial charge in [0.1, 0.15) is 11.3 Å². The van der Waals surface area contributed by atoms with Crippen LogP contribution < -0.4 is 4.74 Å². The highest BCUT2D eigenvalue weighted by Gasteiger charge is 2.14. The third-order valence-electron chi connectivity index (χ3n) is 3.22. The zero-order valence-corrected chi connectivity index (χ0v) is 11.1. The first kappa shape index (κ1) is 13.8. The Morgan fingerprint density at radius 2 is 2.26 bits per heavy atom. The maximum absolute atomic E-state index is 11.0. The lowest BCUT2D eigenvalue weighted by molar-refractivity contribution is 0.0693. The van der Waals surface area contributed by atoms with Gasteiger partial charge in [-0.25, -0.2) is 4.79 Å². The first-order valence-corrected chi connectivity index (χ1v) is 6.41. The van der Waals surface area contributed by atoms with Crippen LogP contribution in [0.1, 0.15) is 22.3 Å². The fraction of sp³-hybridized carbons (Fsp3) is 0.500. The normalized spacial score (nSPS) is 16.9. The van der Waals surface area contributed by atoms with E-state index in [1.165, 1.54) is 7.11 Å². The second-order valence-corrected chi connectivity index (χ2v) is 4.58. The van der Waals surface area contributed by atoms with E-state index in [0.717, 1.165) is 44.8 Å². The summed E-state index contributed by atoms with van der Waals surface area (Å²) in [5.41, 5.74) is 1.26. The van der Waals surface area contributed by atoms with E-state index >= 15 is 0 Å².